The van der Waals surface area contributed by atoms with Crippen LogP contribution in [0, 0.1) is 11.6 Å². The first-order valence-corrected chi connectivity index (χ1v) is 9.40. The van der Waals surface area contributed by atoms with Crippen molar-refractivity contribution in [2.75, 3.05) is 5.32 Å². The number of nitrogens with one attached hydrogen (secondary N) is 2. The number of carbonyl (C=O) groups excluding carboxylic acids is 1. The van der Waals surface area contributed by atoms with Crippen LogP contribution in [0.3, 0.4) is 0 Å². The molecule has 0 unspecified atom stereocenters. The third kappa shape index (κ3) is 3.99. The number of nitrogens with zero attached hydrogens (tertiary/aromatic N) is 1. The quantitative estimate of drug-likeness (QED) is 0.485. The van der Waals surface area contributed by atoms with Crippen molar-refractivity contribution in [2.45, 2.75) is 6.42 Å². The fourth-order valence-corrected chi connectivity index (χ4v) is 3.54. The summed E-state index contributed by atoms with van der Waals surface area (Å²) in [6.07, 6.45) is 3.62. The second kappa shape index (κ2) is 7.74. The van der Waals surface area contributed by atoms with Gasteiger partial charge in [-0.2, -0.15) is 5.10 Å². The number of rotatable bonds is 5. The maximum atomic E-state index is 14.3. The van der Waals surface area contributed by atoms with Crippen LogP contribution in [-0.2, 0) is 11.2 Å². The van der Waals surface area contributed by atoms with E-state index < -0.39 is 5.82 Å². The lowest BCUT2D eigenvalue weighted by atomic mass is 10.1. The molecule has 0 saturated heterocycles. The molecular weight excluding hydrogens is 380 g/mol. The molecule has 0 aliphatic carbocycles. The Bertz CT molecular complexity index is 1170. The van der Waals surface area contributed by atoms with E-state index in [1.807, 2.05) is 17.5 Å². The van der Waals surface area contributed by atoms with Gasteiger partial charge in [-0.15, -0.1) is 11.3 Å². The van der Waals surface area contributed by atoms with Gasteiger partial charge in [0, 0.05) is 16.3 Å². The van der Waals surface area contributed by atoms with Gasteiger partial charge in [-0.3, -0.25) is 9.89 Å². The fraction of sp³-hybridized carbons (Fsp3) is 0.0476. The number of benzene rings is 2. The molecule has 0 aliphatic rings. The minimum Gasteiger partial charge on any atom is -0.323 e. The minimum atomic E-state index is -0.545. The molecule has 1 amide bonds. The summed E-state index contributed by atoms with van der Waals surface area (Å²) in [7, 11) is 0. The number of carbonyl (C=O) groups is 1. The van der Waals surface area contributed by atoms with Crippen molar-refractivity contribution < 1.29 is 13.6 Å². The van der Waals surface area contributed by atoms with Crippen LogP contribution in [0.15, 0.2) is 53.9 Å². The number of thiophene rings is 1. The number of hydrogen-bond acceptors (Lipinski definition) is 3. The Morgan fingerprint density at radius 3 is 2.82 bits per heavy atom. The third-order valence-electron chi connectivity index (χ3n) is 4.15. The zero-order valence-corrected chi connectivity index (χ0v) is 15.4. The molecular formula is C21H15F2N3OS. The summed E-state index contributed by atoms with van der Waals surface area (Å²) in [6.45, 7) is 0. The van der Waals surface area contributed by atoms with Gasteiger partial charge < -0.3 is 5.32 Å². The number of H-pyrrole nitrogens is 1. The van der Waals surface area contributed by atoms with Crippen molar-refractivity contribution in [3.63, 3.8) is 0 Å². The SMILES string of the molecule is O=C(Cc1cccs1)Nc1cc2c(C=Cc3cccc(F)c3)n[nH]c2cc1F. The number of halogens is 2. The zero-order chi connectivity index (χ0) is 19.5. The average molecular weight is 395 g/mol. The van der Waals surface area contributed by atoms with Gasteiger partial charge in [0.05, 0.1) is 23.3 Å². The molecule has 4 nitrogen and oxygen atoms in total. The molecule has 0 saturated carbocycles. The fourth-order valence-electron chi connectivity index (χ4n) is 2.83. The minimum absolute atomic E-state index is 0.0934. The summed E-state index contributed by atoms with van der Waals surface area (Å²) in [5.41, 5.74) is 1.85. The van der Waals surface area contributed by atoms with E-state index in [1.54, 1.807) is 30.4 Å². The molecule has 0 aliphatic heterocycles. The average Bonchev–Trinajstić information content (AvgIpc) is 3.30. The van der Waals surface area contributed by atoms with Gasteiger partial charge in [0.2, 0.25) is 5.91 Å². The van der Waals surface area contributed by atoms with Crippen LogP contribution in [0.4, 0.5) is 14.5 Å². The summed E-state index contributed by atoms with van der Waals surface area (Å²) in [5.74, 6) is -1.16. The van der Waals surface area contributed by atoms with E-state index in [9.17, 15) is 13.6 Å². The molecule has 2 N–H and O–H groups in total. The molecule has 0 atom stereocenters. The molecule has 4 rings (SSSR count). The maximum Gasteiger partial charge on any atom is 0.229 e. The monoisotopic (exact) mass is 395 g/mol. The smallest absolute Gasteiger partial charge is 0.229 e. The highest BCUT2D eigenvalue weighted by Gasteiger charge is 2.13. The van der Waals surface area contributed by atoms with Gasteiger partial charge >= 0.3 is 0 Å². The highest BCUT2D eigenvalue weighted by Crippen LogP contribution is 2.25. The van der Waals surface area contributed by atoms with Gasteiger partial charge in [0.25, 0.3) is 0 Å². The van der Waals surface area contributed by atoms with Crippen LogP contribution >= 0.6 is 11.3 Å². The van der Waals surface area contributed by atoms with E-state index in [1.165, 1.54) is 29.5 Å². The summed E-state index contributed by atoms with van der Waals surface area (Å²) >= 11 is 1.47. The molecule has 0 fully saturated rings. The van der Waals surface area contributed by atoms with Crippen LogP contribution in [-0.4, -0.2) is 16.1 Å². The Kier molecular flexibility index (Phi) is 4.99. The first-order valence-electron chi connectivity index (χ1n) is 8.52. The summed E-state index contributed by atoms with van der Waals surface area (Å²) in [5, 5.41) is 12.1. The lowest BCUT2D eigenvalue weighted by molar-refractivity contribution is -0.115. The molecule has 0 bridgehead atoms. The van der Waals surface area contributed by atoms with E-state index in [4.69, 9.17) is 0 Å². The van der Waals surface area contributed by atoms with E-state index in [0.717, 1.165) is 4.88 Å². The van der Waals surface area contributed by atoms with Crippen molar-refractivity contribution in [3.8, 4) is 0 Å². The van der Waals surface area contributed by atoms with Gasteiger partial charge in [0.15, 0.2) is 0 Å². The van der Waals surface area contributed by atoms with Crippen molar-refractivity contribution in [1.29, 1.82) is 0 Å². The molecule has 7 heteroatoms. The maximum absolute atomic E-state index is 14.3. The van der Waals surface area contributed by atoms with Crippen molar-refractivity contribution >= 4 is 46.0 Å². The predicted octanol–water partition coefficient (Wildman–Crippen LogP) is 5.25. The number of fused-ring (bicyclic) bond motifs is 1. The van der Waals surface area contributed by atoms with Crippen LogP contribution in [0.5, 0.6) is 0 Å². The zero-order valence-electron chi connectivity index (χ0n) is 14.6. The molecule has 4 aromatic rings. The molecule has 2 aromatic heterocycles. The number of amides is 1. The number of aromatic nitrogens is 2. The standard InChI is InChI=1S/C21H15F2N3OS/c22-14-4-1-3-13(9-14)6-7-18-16-11-20(17(23)12-19(16)26-25-18)24-21(27)10-15-5-2-8-28-15/h1-9,11-12H,10H2,(H,24,27)(H,25,26). The topological polar surface area (TPSA) is 57.8 Å². The predicted molar refractivity (Wildman–Crippen MR) is 108 cm³/mol. The second-order valence-electron chi connectivity index (χ2n) is 6.18. The Morgan fingerprint density at radius 2 is 2.04 bits per heavy atom. The number of anilines is 1. The van der Waals surface area contributed by atoms with Crippen molar-refractivity contribution in [1.82, 2.24) is 10.2 Å². The van der Waals surface area contributed by atoms with Gasteiger partial charge in [-0.1, -0.05) is 24.3 Å². The summed E-state index contributed by atoms with van der Waals surface area (Å²) < 4.78 is 27.6. The van der Waals surface area contributed by atoms with Gasteiger partial charge in [-0.25, -0.2) is 8.78 Å². The Labute approximate surface area is 163 Å². The molecule has 28 heavy (non-hydrogen) atoms. The van der Waals surface area contributed by atoms with Crippen molar-refractivity contribution in [2.24, 2.45) is 0 Å². The van der Waals surface area contributed by atoms with Crippen LogP contribution in [0.2, 0.25) is 0 Å². The molecule has 0 radical (unpaired) electrons. The van der Waals surface area contributed by atoms with Crippen LogP contribution < -0.4 is 5.32 Å². The Balaban J connectivity index is 1.59. The number of aromatic amines is 1. The second-order valence-corrected chi connectivity index (χ2v) is 7.21. The third-order valence-corrected chi connectivity index (χ3v) is 5.03. The van der Waals surface area contributed by atoms with E-state index in [0.29, 0.717) is 22.2 Å². The van der Waals surface area contributed by atoms with Crippen LogP contribution in [0.1, 0.15) is 16.1 Å². The molecule has 140 valence electrons. The van der Waals surface area contributed by atoms with Crippen molar-refractivity contribution in [3.05, 3.63) is 81.7 Å². The first kappa shape index (κ1) is 18.1. The van der Waals surface area contributed by atoms with Crippen LogP contribution in [0.25, 0.3) is 23.1 Å². The summed E-state index contributed by atoms with van der Waals surface area (Å²) in [6, 6.07) is 12.7. The highest BCUT2D eigenvalue weighted by atomic mass is 32.1. The van der Waals surface area contributed by atoms with E-state index in [2.05, 4.69) is 15.5 Å². The number of hydrogen-bond donors (Lipinski definition) is 2. The van der Waals surface area contributed by atoms with E-state index in [-0.39, 0.29) is 23.8 Å². The molecule has 2 aromatic carbocycles. The first-order chi connectivity index (χ1) is 13.6. The molecule has 2 heterocycles. The molecule has 0 spiro atoms. The Morgan fingerprint density at radius 1 is 1.14 bits per heavy atom. The lowest BCUT2D eigenvalue weighted by Crippen LogP contribution is -2.14. The normalized spacial score (nSPS) is 11.4. The lowest BCUT2D eigenvalue weighted by Gasteiger charge is -2.06. The van der Waals surface area contributed by atoms with Gasteiger partial charge in [0.1, 0.15) is 11.6 Å². The highest BCUT2D eigenvalue weighted by molar-refractivity contribution is 7.10. The largest absolute Gasteiger partial charge is 0.323 e. The summed E-state index contributed by atoms with van der Waals surface area (Å²) in [4.78, 5) is 13.1. The Hall–Kier alpha value is -3.32. The van der Waals surface area contributed by atoms with E-state index >= 15 is 0 Å². The van der Waals surface area contributed by atoms with Gasteiger partial charge in [-0.05, 0) is 41.3 Å².